The number of hydrogen-bond donors (Lipinski definition) is 0. The Labute approximate surface area is 125 Å². The zero-order valence-electron chi connectivity index (χ0n) is 8.19. The molecule has 0 aliphatic rings. The monoisotopic (exact) mass is 216 g/mol. The van der Waals surface area contributed by atoms with Gasteiger partial charge in [-0.1, -0.05) is 18.2 Å². The molecule has 0 fully saturated rings. The van der Waals surface area contributed by atoms with E-state index in [1.807, 2.05) is 0 Å². The van der Waals surface area contributed by atoms with Crippen molar-refractivity contribution < 1.29 is 66.0 Å². The van der Waals surface area contributed by atoms with Gasteiger partial charge in [0, 0.05) is 0 Å². The number of aliphatic carboxylic acids is 1. The summed E-state index contributed by atoms with van der Waals surface area (Å²) in [7, 11) is 1.58. The molecular formula is C10H9KO3. The van der Waals surface area contributed by atoms with Crippen LogP contribution in [-0.2, 0) is 4.79 Å². The second kappa shape index (κ2) is 7.20. The predicted octanol–water partition coefficient (Wildman–Crippen LogP) is -2.54. The summed E-state index contributed by atoms with van der Waals surface area (Å²) in [5, 5.41) is 10.1. The Morgan fingerprint density at radius 1 is 1.36 bits per heavy atom. The van der Waals surface area contributed by atoms with Crippen molar-refractivity contribution in [1.82, 2.24) is 0 Å². The standard InChI is InChI=1S/C10H10O3.K/c1-13-9-5-2-8(3-6-9)4-7-10(11)12;/h2-7H,1H3,(H,11,12);/q;+1/p-1/b7-4+;. The first-order valence-corrected chi connectivity index (χ1v) is 3.75. The van der Waals surface area contributed by atoms with E-state index in [0.29, 0.717) is 0 Å². The minimum Gasteiger partial charge on any atom is -0.545 e. The molecule has 0 amide bonds. The van der Waals surface area contributed by atoms with Crippen molar-refractivity contribution in [3.8, 4) is 5.75 Å². The van der Waals surface area contributed by atoms with Gasteiger partial charge in [0.15, 0.2) is 0 Å². The van der Waals surface area contributed by atoms with Crippen molar-refractivity contribution in [1.29, 1.82) is 0 Å². The zero-order valence-corrected chi connectivity index (χ0v) is 11.3. The third kappa shape index (κ3) is 4.93. The maximum absolute atomic E-state index is 10.1. The molecule has 0 unspecified atom stereocenters. The SMILES string of the molecule is COc1ccc(/C=C/C(=O)[O-])cc1.[K+]. The molecule has 1 aromatic carbocycles. The Balaban J connectivity index is 0.00000169. The number of ether oxygens (including phenoxy) is 1. The number of rotatable bonds is 3. The molecule has 0 atom stereocenters. The van der Waals surface area contributed by atoms with Gasteiger partial charge in [-0.3, -0.25) is 0 Å². The summed E-state index contributed by atoms with van der Waals surface area (Å²) in [6.07, 6.45) is 2.45. The molecule has 1 aromatic rings. The smallest absolute Gasteiger partial charge is 0.545 e. The van der Waals surface area contributed by atoms with Crippen molar-refractivity contribution in [3.05, 3.63) is 35.9 Å². The van der Waals surface area contributed by atoms with Gasteiger partial charge >= 0.3 is 51.4 Å². The molecule has 0 radical (unpaired) electrons. The molecule has 0 aliphatic heterocycles. The summed E-state index contributed by atoms with van der Waals surface area (Å²) >= 11 is 0. The van der Waals surface area contributed by atoms with E-state index in [-0.39, 0.29) is 51.4 Å². The van der Waals surface area contributed by atoms with E-state index < -0.39 is 5.97 Å². The van der Waals surface area contributed by atoms with Crippen molar-refractivity contribution in [3.63, 3.8) is 0 Å². The van der Waals surface area contributed by atoms with E-state index in [0.717, 1.165) is 17.4 Å². The van der Waals surface area contributed by atoms with Gasteiger partial charge in [-0.05, 0) is 23.8 Å². The van der Waals surface area contributed by atoms with Crippen molar-refractivity contribution in [2.75, 3.05) is 7.11 Å². The number of hydrogen-bond acceptors (Lipinski definition) is 3. The van der Waals surface area contributed by atoms with Crippen LogP contribution in [0.15, 0.2) is 30.3 Å². The largest absolute Gasteiger partial charge is 1.00 e. The van der Waals surface area contributed by atoms with E-state index in [1.54, 1.807) is 31.4 Å². The van der Waals surface area contributed by atoms with Gasteiger partial charge in [0.05, 0.1) is 13.1 Å². The first-order chi connectivity index (χ1) is 6.22. The molecule has 68 valence electrons. The van der Waals surface area contributed by atoms with Crippen LogP contribution in [0.25, 0.3) is 6.08 Å². The third-order valence-corrected chi connectivity index (χ3v) is 1.53. The number of carbonyl (C=O) groups excluding carboxylic acids is 1. The van der Waals surface area contributed by atoms with Crippen LogP contribution in [0, 0.1) is 0 Å². The molecule has 0 N–H and O–H groups in total. The molecule has 0 heterocycles. The van der Waals surface area contributed by atoms with Crippen molar-refractivity contribution in [2.24, 2.45) is 0 Å². The Hall–Kier alpha value is -0.134. The molecule has 0 aromatic heterocycles. The molecule has 0 spiro atoms. The Bertz CT molecular complexity index is 317. The number of carboxylic acids is 1. The third-order valence-electron chi connectivity index (χ3n) is 1.53. The fraction of sp³-hybridized carbons (Fsp3) is 0.100. The van der Waals surface area contributed by atoms with Crippen LogP contribution in [0.3, 0.4) is 0 Å². The Kier molecular flexibility index (Phi) is 7.13. The van der Waals surface area contributed by atoms with Crippen LogP contribution >= 0.6 is 0 Å². The molecule has 0 saturated heterocycles. The van der Waals surface area contributed by atoms with E-state index in [4.69, 9.17) is 4.74 Å². The first-order valence-electron chi connectivity index (χ1n) is 3.75. The number of carbonyl (C=O) groups is 1. The summed E-state index contributed by atoms with van der Waals surface area (Å²) < 4.78 is 4.94. The summed E-state index contributed by atoms with van der Waals surface area (Å²) in [6, 6.07) is 7.04. The maximum Gasteiger partial charge on any atom is 1.00 e. The number of methoxy groups -OCH3 is 1. The van der Waals surface area contributed by atoms with Gasteiger partial charge in [-0.15, -0.1) is 0 Å². The molecule has 0 bridgehead atoms. The van der Waals surface area contributed by atoms with Crippen LogP contribution in [0.5, 0.6) is 5.75 Å². The van der Waals surface area contributed by atoms with Gasteiger partial charge in [0.25, 0.3) is 0 Å². The summed E-state index contributed by atoms with van der Waals surface area (Å²) in [5.74, 6) is -0.457. The van der Waals surface area contributed by atoms with Gasteiger partial charge in [0.2, 0.25) is 0 Å². The summed E-state index contributed by atoms with van der Waals surface area (Å²) in [4.78, 5) is 10.1. The van der Waals surface area contributed by atoms with Gasteiger partial charge in [0.1, 0.15) is 5.75 Å². The van der Waals surface area contributed by atoms with E-state index in [2.05, 4.69) is 0 Å². The fourth-order valence-electron chi connectivity index (χ4n) is 0.879. The molecule has 0 saturated carbocycles. The van der Waals surface area contributed by atoms with E-state index in [1.165, 1.54) is 6.08 Å². The predicted molar refractivity (Wildman–Crippen MR) is 47.0 cm³/mol. The minimum atomic E-state index is -1.20. The first kappa shape index (κ1) is 13.9. The van der Waals surface area contributed by atoms with E-state index in [9.17, 15) is 9.90 Å². The molecule has 0 aliphatic carbocycles. The quantitative estimate of drug-likeness (QED) is 0.413. The fourth-order valence-corrected chi connectivity index (χ4v) is 0.879. The Morgan fingerprint density at radius 3 is 2.36 bits per heavy atom. The minimum absolute atomic E-state index is 0. The van der Waals surface area contributed by atoms with Crippen molar-refractivity contribution in [2.45, 2.75) is 0 Å². The van der Waals surface area contributed by atoms with Gasteiger partial charge < -0.3 is 14.6 Å². The molecule has 4 heteroatoms. The summed E-state index contributed by atoms with van der Waals surface area (Å²) in [6.45, 7) is 0. The normalized spacial score (nSPS) is 9.50. The van der Waals surface area contributed by atoms with Crippen LogP contribution < -0.4 is 61.2 Å². The van der Waals surface area contributed by atoms with Crippen LogP contribution in [0.2, 0.25) is 0 Å². The van der Waals surface area contributed by atoms with Gasteiger partial charge in [-0.25, -0.2) is 0 Å². The molecule has 14 heavy (non-hydrogen) atoms. The summed E-state index contributed by atoms with van der Waals surface area (Å²) in [5.41, 5.74) is 0.796. The Morgan fingerprint density at radius 2 is 1.93 bits per heavy atom. The second-order valence-corrected chi connectivity index (χ2v) is 2.43. The van der Waals surface area contributed by atoms with Crippen LogP contribution in [0.4, 0.5) is 0 Å². The van der Waals surface area contributed by atoms with E-state index >= 15 is 0 Å². The molecule has 1 rings (SSSR count). The number of benzene rings is 1. The van der Waals surface area contributed by atoms with Crippen LogP contribution in [-0.4, -0.2) is 13.1 Å². The zero-order chi connectivity index (χ0) is 9.68. The number of carboxylic acid groups (broad SMARTS) is 1. The van der Waals surface area contributed by atoms with Gasteiger partial charge in [-0.2, -0.15) is 0 Å². The average molecular weight is 216 g/mol. The van der Waals surface area contributed by atoms with Crippen LogP contribution in [0.1, 0.15) is 5.56 Å². The maximum atomic E-state index is 10.1. The topological polar surface area (TPSA) is 49.4 Å². The average Bonchev–Trinajstić information content (AvgIpc) is 2.15. The molecular weight excluding hydrogens is 207 g/mol. The second-order valence-electron chi connectivity index (χ2n) is 2.43. The molecule has 3 nitrogen and oxygen atoms in total. The van der Waals surface area contributed by atoms with Crippen molar-refractivity contribution >= 4 is 12.0 Å².